The molecule has 6 saturated heterocycles. The van der Waals surface area contributed by atoms with Crippen LogP contribution in [0.25, 0.3) is 5.69 Å². The van der Waals surface area contributed by atoms with Gasteiger partial charge < -0.3 is 68.3 Å². The fraction of sp³-hybridized carbons (Fsp3) is 0.532. The molecule has 6 aromatic carbocycles. The maximum atomic E-state index is 13.6. The van der Waals surface area contributed by atoms with Crippen LogP contribution in [0.5, 0.6) is 0 Å². The lowest BCUT2D eigenvalue weighted by Crippen LogP contribution is -2.41. The Morgan fingerprint density at radius 1 is 0.593 bits per heavy atom. The standard InChI is InChI=1S/C29H33IN4O4.C24H38BNO4.C21H21ClFNO2.C18H26BrNO2.C12H24B2O4.C4H4IN3O.CH4O/c1-5-9-22-16-17-24(34(22)28(37)38-29(2,3)4)19-12-14-21(15-13-19)33-18-23(30)25(32-27(33)36)31-26(35)20-10-7-6-8-11-20;1-9-10-19-15-16-20(26(19)21(27)28-22(2,3)4)17-11-13-18(14-12-17)25-29-23(5,6)24(7,8)30-25;1-3-18-12-17(13-19(22)20(18)23)11-7-8-15(2)24-21(25)26-14-16-9-5-4-6-10-16;1-5-6-15-11-12-16(13-7-9-14(19)10-8-13)20(15)17(21)22-18(2,3)4;1-9(2)10(3,4)16-13(15-9)14-17-11(5,6)12(7,8)18-14;5-2-1-7-4(9)8-3(2)6;1-2/h6-8,10-15,18,22,24H,5,9,16-17H2,1-4H3,(H,31,32,35,36);11-14,19-20H,9-10,15-16H2,1-8H3;1,4-6,9-10,12-13,15H,7-8,11,14H2,2H3,(H,24,25);7-10,15-16H,5-6,11-12H2,1-4H3;1-8H3;1H,(H3,6,7,8,9);2H,1H3/t22-,24+;19-,20+;15-;15-,16+;;;/m0000.../s1. The van der Waals surface area contributed by atoms with Crippen LogP contribution in [0, 0.1) is 25.3 Å². The van der Waals surface area contributed by atoms with E-state index in [2.05, 4.69) is 155 Å². The number of H-pyrrole nitrogens is 1. The van der Waals surface area contributed by atoms with Crippen LogP contribution in [-0.4, -0.2) is 172 Å². The summed E-state index contributed by atoms with van der Waals surface area (Å²) in [6.45, 7) is 50.2. The number of benzene rings is 6. The first-order valence-electron chi connectivity index (χ1n) is 49.9. The van der Waals surface area contributed by atoms with Gasteiger partial charge in [-0.1, -0.05) is 171 Å². The molecule has 7 atom stereocenters. The maximum Gasteiger partial charge on any atom is 0.494 e. The molecular formula is C109H150B3BrClFI2N10O18. The molecule has 6 fully saturated rings. The van der Waals surface area contributed by atoms with E-state index in [-0.39, 0.29) is 130 Å². The SMILES string of the molecule is C#Cc1cc(CCC[C@H](C)NC(=O)OCc2ccccc2)cc(Cl)c1F.CC1(C)OB(B2OC(C)(C)C(C)(C)O2)OC1(C)C.CCC[C@H]1CC[C@H](c2ccc(-n3cc(I)c(NC(=O)c4ccccc4)nc3=O)cc2)N1C(=O)OC(C)(C)C.CCC[C@H]1CC[C@H](c2ccc(B3OC(C)(C)C(C)(C)O3)cc2)N1C(=O)OC(C)(C)C.CCC[C@H]1CC[C@H](c2ccc(Br)cc2)N1C(=O)OC(C)(C)C.CO.Nc1[nH]c(=O)ncc1I. The lowest BCUT2D eigenvalue weighted by molar-refractivity contribution is 0.00578. The third-order valence-corrected chi connectivity index (χ3v) is 28.9. The van der Waals surface area contributed by atoms with Gasteiger partial charge >= 0.3 is 56.9 Å². The molecule has 0 aliphatic carbocycles. The van der Waals surface area contributed by atoms with Crippen molar-refractivity contribution in [3.8, 4) is 18.0 Å². The topological polar surface area (TPSA) is 338 Å². The Hall–Kier alpha value is -8.94. The number of aliphatic hydroxyl groups is 1. The summed E-state index contributed by atoms with van der Waals surface area (Å²) in [5.41, 5.74) is 8.18. The van der Waals surface area contributed by atoms with Gasteiger partial charge in [0.25, 0.3) is 5.91 Å². The van der Waals surface area contributed by atoms with E-state index in [4.69, 9.17) is 75.7 Å². The van der Waals surface area contributed by atoms with E-state index in [1.54, 1.807) is 42.6 Å². The minimum absolute atomic E-state index is 0.0334. The van der Waals surface area contributed by atoms with Crippen molar-refractivity contribution in [2.45, 2.75) is 369 Å². The molecule has 28 nitrogen and oxygen atoms in total. The molecule has 0 bridgehead atoms. The molecule has 0 radical (unpaired) electrons. The number of anilines is 2. The zero-order valence-electron chi connectivity index (χ0n) is 89.2. The van der Waals surface area contributed by atoms with E-state index in [1.807, 2.05) is 235 Å². The molecule has 8 aromatic rings. The van der Waals surface area contributed by atoms with Gasteiger partial charge in [0.15, 0.2) is 11.6 Å². The number of aryl methyl sites for hydroxylation is 1. The number of alkyl carbamates (subject to hydrolysis) is 1. The number of aliphatic hydroxyl groups excluding tert-OH is 1. The number of nitrogens with zero attached hydrogens (tertiary/aromatic N) is 6. The summed E-state index contributed by atoms with van der Waals surface area (Å²) in [4.78, 5) is 102. The molecule has 6 aliphatic rings. The number of nitrogens with one attached hydrogen (secondary N) is 3. The van der Waals surface area contributed by atoms with Crippen molar-refractivity contribution in [1.82, 2.24) is 39.5 Å². The van der Waals surface area contributed by atoms with Crippen molar-refractivity contribution in [1.29, 1.82) is 0 Å². The molecule has 0 unspecified atom stereocenters. The van der Waals surface area contributed by atoms with Crippen LogP contribution in [0.3, 0.4) is 0 Å². The van der Waals surface area contributed by atoms with Gasteiger partial charge in [-0.2, -0.15) is 4.98 Å². The van der Waals surface area contributed by atoms with Crippen molar-refractivity contribution in [3.63, 3.8) is 0 Å². The Bertz CT molecular complexity index is 5670. The number of hydrogen-bond acceptors (Lipinski definition) is 21. The average Bonchev–Trinajstić information content (AvgIpc) is 1.59. The van der Waals surface area contributed by atoms with Gasteiger partial charge in [0, 0.05) is 53.7 Å². The number of hydrogen-bond donors (Lipinski definition) is 5. The van der Waals surface area contributed by atoms with Crippen LogP contribution >= 0.6 is 72.7 Å². The van der Waals surface area contributed by atoms with Crippen molar-refractivity contribution in [2.75, 3.05) is 18.2 Å². The molecule has 2 aromatic heterocycles. The highest BCUT2D eigenvalue weighted by Gasteiger charge is 2.64. The number of carbonyl (C=O) groups is 5. The summed E-state index contributed by atoms with van der Waals surface area (Å²) in [6.07, 6.45) is 21.4. The zero-order chi connectivity index (χ0) is 108. The molecular weight excluding hydrogens is 2160 g/mol. The minimum atomic E-state index is -0.567. The van der Waals surface area contributed by atoms with E-state index >= 15 is 0 Å². The van der Waals surface area contributed by atoms with Crippen molar-refractivity contribution in [2.24, 2.45) is 0 Å². The number of ether oxygens (including phenoxy) is 4. The molecule has 0 saturated carbocycles. The Balaban J connectivity index is 0.000000219. The first kappa shape index (κ1) is 121. The van der Waals surface area contributed by atoms with Crippen LogP contribution in [0.2, 0.25) is 5.02 Å². The first-order chi connectivity index (χ1) is 67.8. The largest absolute Gasteiger partial charge is 0.494 e. The lowest BCUT2D eigenvalue weighted by Gasteiger charge is -2.33. The summed E-state index contributed by atoms with van der Waals surface area (Å²) in [6, 6.07) is 46.4. The fourth-order valence-corrected chi connectivity index (χ4v) is 18.4. The quantitative estimate of drug-likeness (QED) is 0.0193. The Morgan fingerprint density at radius 2 is 0.993 bits per heavy atom. The van der Waals surface area contributed by atoms with Crippen LogP contribution in [0.1, 0.15) is 325 Å². The second-order valence-electron chi connectivity index (χ2n) is 42.9. The Morgan fingerprint density at radius 3 is 1.39 bits per heavy atom. The third-order valence-electron chi connectivity index (χ3n) is 26.5. The number of carbonyl (C=O) groups excluding carboxylic acids is 5. The average molecular weight is 2310 g/mol. The minimum Gasteiger partial charge on any atom is -0.445 e. The lowest BCUT2D eigenvalue weighted by atomic mass is 9.49. The molecule has 6 aliphatic heterocycles. The highest BCUT2D eigenvalue weighted by molar-refractivity contribution is 14.1. The van der Waals surface area contributed by atoms with Gasteiger partial charge in [-0.3, -0.25) is 29.0 Å². The number of likely N-dealkylation sites (tertiary alicyclic amines) is 3. The summed E-state index contributed by atoms with van der Waals surface area (Å²) >= 11 is 13.4. The van der Waals surface area contributed by atoms with Gasteiger partial charge in [0.1, 0.15) is 29.2 Å². The third kappa shape index (κ3) is 34.6. The number of nitrogen functional groups attached to an aromatic ring is 1. The summed E-state index contributed by atoms with van der Waals surface area (Å²) in [5, 5.41) is 12.6. The van der Waals surface area contributed by atoms with Crippen LogP contribution in [0.15, 0.2) is 172 Å². The Labute approximate surface area is 899 Å². The normalized spacial score (nSPS) is 19.8. The number of halogens is 5. The van der Waals surface area contributed by atoms with Crippen molar-refractivity contribution < 1.29 is 80.3 Å². The highest BCUT2D eigenvalue weighted by Crippen LogP contribution is 2.47. The number of amides is 5. The summed E-state index contributed by atoms with van der Waals surface area (Å²) < 4.78 is 76.1. The molecule has 145 heavy (non-hydrogen) atoms. The number of rotatable bonds is 21. The summed E-state index contributed by atoms with van der Waals surface area (Å²) in [7, 11) is -0.325. The molecule has 6 N–H and O–H groups in total. The van der Waals surface area contributed by atoms with Crippen LogP contribution < -0.4 is 33.2 Å². The molecule has 8 heterocycles. The Kier molecular flexibility index (Phi) is 44.3. The number of aromatic nitrogens is 4. The number of nitrogens with two attached hydrogens (primary N) is 1. The van der Waals surface area contributed by atoms with E-state index in [0.717, 1.165) is 133 Å². The van der Waals surface area contributed by atoms with Gasteiger partial charge in [-0.15, -0.1) is 6.42 Å². The van der Waals surface area contributed by atoms with Gasteiger partial charge in [0.05, 0.1) is 75.1 Å². The van der Waals surface area contributed by atoms with Gasteiger partial charge in [-0.05, 0) is 356 Å². The number of terminal acetylenes is 1. The zero-order valence-corrected chi connectivity index (χ0v) is 95.9. The predicted octanol–water partition coefficient (Wildman–Crippen LogP) is 24.2. The smallest absolute Gasteiger partial charge is 0.445 e. The van der Waals surface area contributed by atoms with E-state index in [0.29, 0.717) is 27.1 Å². The predicted molar refractivity (Wildman–Crippen MR) is 593 cm³/mol. The van der Waals surface area contributed by atoms with Crippen LogP contribution in [-0.2, 0) is 59.9 Å². The second-order valence-corrected chi connectivity index (χ2v) is 46.5. The van der Waals surface area contributed by atoms with Crippen LogP contribution in [0.4, 0.5) is 35.2 Å². The maximum absolute atomic E-state index is 13.6. The van der Waals surface area contributed by atoms with E-state index in [9.17, 15) is 38.0 Å². The fourth-order valence-electron chi connectivity index (χ4n) is 17.1. The van der Waals surface area contributed by atoms with Gasteiger partial charge in [-0.25, -0.2) is 38.1 Å². The molecule has 5 amide bonds. The van der Waals surface area contributed by atoms with Crippen molar-refractivity contribution in [3.05, 3.63) is 240 Å². The van der Waals surface area contributed by atoms with Crippen molar-refractivity contribution >= 4 is 141 Å². The summed E-state index contributed by atoms with van der Waals surface area (Å²) in [5.74, 6) is 2.00. The highest BCUT2D eigenvalue weighted by atomic mass is 127. The monoisotopic (exact) mass is 2310 g/mol. The molecule has 14 rings (SSSR count). The van der Waals surface area contributed by atoms with E-state index in [1.165, 1.54) is 16.3 Å². The van der Waals surface area contributed by atoms with E-state index < -0.39 is 54.1 Å². The molecule has 0 spiro atoms. The first-order valence-corrected chi connectivity index (χ1v) is 53.2. The van der Waals surface area contributed by atoms with Gasteiger partial charge in [0.2, 0.25) is 0 Å². The molecule has 36 heteroatoms. The second kappa shape index (κ2) is 53.0. The number of aromatic amines is 1. The molecule has 788 valence electrons.